The number of benzene rings is 1. The van der Waals surface area contributed by atoms with Crippen LogP contribution in [-0.4, -0.2) is 21.9 Å². The van der Waals surface area contributed by atoms with Crippen molar-refractivity contribution in [1.29, 1.82) is 0 Å². The summed E-state index contributed by atoms with van der Waals surface area (Å²) in [6.45, 7) is 6.69. The van der Waals surface area contributed by atoms with E-state index in [1.807, 2.05) is 26.0 Å². The molecule has 0 bridgehead atoms. The van der Waals surface area contributed by atoms with Gasteiger partial charge in [-0.05, 0) is 37.5 Å². The lowest BCUT2D eigenvalue weighted by Gasteiger charge is -2.11. The Labute approximate surface area is 131 Å². The van der Waals surface area contributed by atoms with Crippen LogP contribution in [0.5, 0.6) is 0 Å². The lowest BCUT2D eigenvalue weighted by Crippen LogP contribution is -2.32. The van der Waals surface area contributed by atoms with E-state index in [2.05, 4.69) is 39.7 Å². The van der Waals surface area contributed by atoms with Gasteiger partial charge in [-0.15, -0.1) is 0 Å². The Kier molecular flexibility index (Phi) is 5.47. The highest BCUT2D eigenvalue weighted by molar-refractivity contribution is 5.92. The summed E-state index contributed by atoms with van der Waals surface area (Å²) in [5.41, 5.74) is 2.77. The topological polar surface area (TPSA) is 66.9 Å². The molecule has 0 aliphatic heterocycles. The summed E-state index contributed by atoms with van der Waals surface area (Å²) in [7, 11) is 0. The molecule has 0 saturated heterocycles. The predicted octanol–water partition coefficient (Wildman–Crippen LogP) is 2.93. The van der Waals surface area contributed by atoms with Crippen molar-refractivity contribution in [3.05, 3.63) is 53.3 Å². The summed E-state index contributed by atoms with van der Waals surface area (Å²) in [4.78, 5) is 20.5. The highest BCUT2D eigenvalue weighted by Crippen LogP contribution is 2.09. The minimum Gasteiger partial charge on any atom is -0.350 e. The monoisotopic (exact) mass is 298 g/mol. The van der Waals surface area contributed by atoms with Gasteiger partial charge >= 0.3 is 0 Å². The van der Waals surface area contributed by atoms with Crippen LogP contribution in [0.25, 0.3) is 0 Å². The zero-order valence-corrected chi connectivity index (χ0v) is 13.3. The van der Waals surface area contributed by atoms with Crippen molar-refractivity contribution in [2.24, 2.45) is 0 Å². The Bertz CT molecular complexity index is 642. The molecule has 0 radical (unpaired) electrons. The van der Waals surface area contributed by atoms with Gasteiger partial charge in [-0.3, -0.25) is 4.79 Å². The fourth-order valence-corrected chi connectivity index (χ4v) is 1.95. The molecule has 0 aliphatic carbocycles. The van der Waals surface area contributed by atoms with Gasteiger partial charge in [0.05, 0.1) is 0 Å². The molecule has 1 aromatic heterocycles. The largest absolute Gasteiger partial charge is 0.350 e. The summed E-state index contributed by atoms with van der Waals surface area (Å²) < 4.78 is 0. The summed E-state index contributed by atoms with van der Waals surface area (Å²) in [5, 5.41) is 6.06. The molecule has 1 aromatic carbocycles. The lowest BCUT2D eigenvalue weighted by atomic mass is 10.1. The molecule has 22 heavy (non-hydrogen) atoms. The smallest absolute Gasteiger partial charge is 0.270 e. The van der Waals surface area contributed by atoms with Crippen molar-refractivity contribution >= 4 is 11.9 Å². The van der Waals surface area contributed by atoms with Crippen molar-refractivity contribution in [3.63, 3.8) is 0 Å². The first-order valence-corrected chi connectivity index (χ1v) is 7.52. The average molecular weight is 298 g/mol. The van der Waals surface area contributed by atoms with Crippen LogP contribution in [0.1, 0.15) is 41.9 Å². The third-order valence-corrected chi connectivity index (χ3v) is 3.58. The lowest BCUT2D eigenvalue weighted by molar-refractivity contribution is 0.0934. The molecule has 1 atom stereocenters. The van der Waals surface area contributed by atoms with E-state index < -0.39 is 0 Å². The van der Waals surface area contributed by atoms with Crippen LogP contribution in [-0.2, 0) is 6.54 Å². The zero-order valence-electron chi connectivity index (χ0n) is 13.3. The number of hydrogen-bond acceptors (Lipinski definition) is 4. The summed E-state index contributed by atoms with van der Waals surface area (Å²) >= 11 is 0. The van der Waals surface area contributed by atoms with Crippen molar-refractivity contribution in [2.75, 3.05) is 5.32 Å². The molecule has 2 N–H and O–H groups in total. The van der Waals surface area contributed by atoms with Gasteiger partial charge in [0.2, 0.25) is 5.95 Å². The van der Waals surface area contributed by atoms with Gasteiger partial charge in [-0.2, -0.15) is 0 Å². The first kappa shape index (κ1) is 15.9. The molecule has 0 aliphatic rings. The number of nitrogens with one attached hydrogen (secondary N) is 2. The minimum atomic E-state index is -0.171. The number of aryl methyl sites for hydroxylation is 1. The second-order valence-electron chi connectivity index (χ2n) is 5.33. The Morgan fingerprint density at radius 2 is 2.05 bits per heavy atom. The van der Waals surface area contributed by atoms with Crippen LogP contribution in [0.3, 0.4) is 0 Å². The molecule has 0 saturated carbocycles. The van der Waals surface area contributed by atoms with E-state index in [1.54, 1.807) is 12.3 Å². The number of rotatable bonds is 6. The second kappa shape index (κ2) is 7.54. The van der Waals surface area contributed by atoms with Gasteiger partial charge in [0, 0.05) is 18.8 Å². The van der Waals surface area contributed by atoms with Gasteiger partial charge in [-0.25, -0.2) is 9.97 Å². The van der Waals surface area contributed by atoms with Crippen molar-refractivity contribution in [2.45, 2.75) is 39.8 Å². The van der Waals surface area contributed by atoms with E-state index in [1.165, 1.54) is 11.1 Å². The molecular formula is C17H22N4O. The molecule has 1 amide bonds. The summed E-state index contributed by atoms with van der Waals surface area (Å²) in [5.74, 6) is 0.288. The minimum absolute atomic E-state index is 0.130. The molecule has 1 unspecified atom stereocenters. The van der Waals surface area contributed by atoms with Crippen molar-refractivity contribution < 1.29 is 4.79 Å². The molecule has 5 heteroatoms. The van der Waals surface area contributed by atoms with Gasteiger partial charge < -0.3 is 10.6 Å². The predicted molar refractivity (Wildman–Crippen MR) is 87.8 cm³/mol. The first-order chi connectivity index (χ1) is 10.6. The first-order valence-electron chi connectivity index (χ1n) is 7.52. The Morgan fingerprint density at radius 3 is 2.77 bits per heavy atom. The maximum Gasteiger partial charge on any atom is 0.270 e. The Morgan fingerprint density at radius 1 is 1.27 bits per heavy atom. The fourth-order valence-electron chi connectivity index (χ4n) is 1.95. The molecule has 0 spiro atoms. The third kappa shape index (κ3) is 4.28. The number of hydrogen-bond donors (Lipinski definition) is 2. The fraction of sp³-hybridized carbons (Fsp3) is 0.353. The SMILES string of the molecule is CCC(C)NC(=O)c1ccnc(NCc2ccccc2C)n1. The number of amides is 1. The number of nitrogens with zero attached hydrogens (tertiary/aromatic N) is 2. The number of anilines is 1. The van der Waals surface area contributed by atoms with Crippen LogP contribution < -0.4 is 10.6 Å². The molecule has 116 valence electrons. The molecular weight excluding hydrogens is 276 g/mol. The van der Waals surface area contributed by atoms with Crippen molar-refractivity contribution in [1.82, 2.24) is 15.3 Å². The van der Waals surface area contributed by atoms with Gasteiger partial charge in [0.15, 0.2) is 0 Å². The molecule has 2 rings (SSSR count). The van der Waals surface area contributed by atoms with Gasteiger partial charge in [0.1, 0.15) is 5.69 Å². The number of carbonyl (C=O) groups is 1. The average Bonchev–Trinajstić information content (AvgIpc) is 2.54. The van der Waals surface area contributed by atoms with E-state index >= 15 is 0 Å². The Balaban J connectivity index is 2.02. The second-order valence-corrected chi connectivity index (χ2v) is 5.33. The number of carbonyl (C=O) groups excluding carboxylic acids is 1. The summed E-state index contributed by atoms with van der Waals surface area (Å²) in [6, 6.07) is 9.88. The van der Waals surface area contributed by atoms with Crippen LogP contribution >= 0.6 is 0 Å². The van der Waals surface area contributed by atoms with Gasteiger partial charge in [-0.1, -0.05) is 31.2 Å². The van der Waals surface area contributed by atoms with E-state index in [4.69, 9.17) is 0 Å². The van der Waals surface area contributed by atoms with E-state index in [-0.39, 0.29) is 11.9 Å². The number of aromatic nitrogens is 2. The maximum absolute atomic E-state index is 12.1. The van der Waals surface area contributed by atoms with E-state index in [0.717, 1.165) is 6.42 Å². The normalized spacial score (nSPS) is 11.8. The van der Waals surface area contributed by atoms with Crippen LogP contribution in [0, 0.1) is 6.92 Å². The highest BCUT2D eigenvalue weighted by Gasteiger charge is 2.11. The quantitative estimate of drug-likeness (QED) is 0.860. The Hall–Kier alpha value is -2.43. The highest BCUT2D eigenvalue weighted by atomic mass is 16.1. The standard InChI is InChI=1S/C17H22N4O/c1-4-13(3)20-16(22)15-9-10-18-17(21-15)19-11-14-8-6-5-7-12(14)2/h5-10,13H,4,11H2,1-3H3,(H,20,22)(H,18,19,21). The van der Waals surface area contributed by atoms with Crippen molar-refractivity contribution in [3.8, 4) is 0 Å². The maximum atomic E-state index is 12.1. The molecule has 2 aromatic rings. The van der Waals surface area contributed by atoms with E-state index in [9.17, 15) is 4.79 Å². The molecule has 1 heterocycles. The zero-order chi connectivity index (χ0) is 15.9. The molecule has 5 nitrogen and oxygen atoms in total. The summed E-state index contributed by atoms with van der Waals surface area (Å²) in [6.07, 6.45) is 2.48. The molecule has 0 fully saturated rings. The van der Waals surface area contributed by atoms with Crippen LogP contribution in [0.4, 0.5) is 5.95 Å². The van der Waals surface area contributed by atoms with E-state index in [0.29, 0.717) is 18.2 Å². The van der Waals surface area contributed by atoms with Gasteiger partial charge in [0.25, 0.3) is 5.91 Å². The van der Waals surface area contributed by atoms with Crippen LogP contribution in [0.2, 0.25) is 0 Å². The third-order valence-electron chi connectivity index (χ3n) is 3.58. The van der Waals surface area contributed by atoms with Crippen LogP contribution in [0.15, 0.2) is 36.5 Å².